The zero-order valence-corrected chi connectivity index (χ0v) is 56.5. The molecule has 464 valence electrons. The Balaban J connectivity index is 0.799. The number of aryl methyl sites for hydroxylation is 3. The van der Waals surface area contributed by atoms with Crippen LogP contribution in [0.4, 0.5) is 51.2 Å². The molecule has 0 fully saturated rings. The minimum atomic E-state index is -2.45. The van der Waals surface area contributed by atoms with Crippen LogP contribution in [0.15, 0.2) is 309 Å². The van der Waals surface area contributed by atoms with E-state index in [4.69, 9.17) is 0 Å². The van der Waals surface area contributed by atoms with Crippen molar-refractivity contribution in [2.24, 2.45) is 0 Å². The molecule has 9 aliphatic rings. The number of nitrogens with zero attached hydrogens (tertiary/aromatic N) is 3. The summed E-state index contributed by atoms with van der Waals surface area (Å²) in [7, 11) is -2.45. The Bertz CT molecular complexity index is 5470. The maximum Gasteiger partial charge on any atom is 0.149 e. The monoisotopic (exact) mass is 1280 g/mol. The van der Waals surface area contributed by atoms with Crippen LogP contribution in [-0.4, -0.2) is 8.80 Å². The lowest BCUT2D eigenvalue weighted by atomic mass is 9.70. The van der Waals surface area contributed by atoms with E-state index in [1.165, 1.54) is 217 Å². The van der Waals surface area contributed by atoms with Gasteiger partial charge >= 0.3 is 0 Å². The molecular weight excluding hydrogens is 1220 g/mol. The maximum atomic E-state index is 2.73. The predicted octanol–water partition coefficient (Wildman–Crippen LogP) is 21.2. The average Bonchev–Trinajstić information content (AvgIpc) is 1.14. The van der Waals surface area contributed by atoms with E-state index in [2.05, 4.69) is 345 Å². The van der Waals surface area contributed by atoms with E-state index in [-0.39, 0.29) is 0 Å². The van der Waals surface area contributed by atoms with Crippen molar-refractivity contribution < 1.29 is 0 Å². The molecule has 0 bridgehead atoms. The largest absolute Gasteiger partial charge is 0.311 e. The molecule has 0 saturated carbocycles. The third-order valence-corrected chi connectivity index (χ3v) is 28.4. The van der Waals surface area contributed by atoms with Gasteiger partial charge in [-0.2, -0.15) is 0 Å². The SMILES string of the molecule is Cc1cc2c3c(c1)N(c1ccc4c(c1)C1(c5ccccc5-c5ccccc51)c1ccccc1-4)c1cc(C)cc4c1[SiH]3c1c(cc(C)cc1N4c1ccc3c(c1)C1(c4ccccc4-c4ccccc41)c1ccccc1-3)N2c1ccc2c(c1)C1(c3ccccc3-c3ccccc31)c1ccccc1-2. The van der Waals surface area contributed by atoms with Crippen LogP contribution < -0.4 is 30.3 Å². The summed E-state index contributed by atoms with van der Waals surface area (Å²) in [5.41, 5.74) is 45.2. The highest BCUT2D eigenvalue weighted by atomic mass is 28.3. The number of fused-ring (bicyclic) bond motifs is 30. The molecule has 6 aliphatic carbocycles. The van der Waals surface area contributed by atoms with Crippen molar-refractivity contribution in [1.82, 2.24) is 0 Å². The van der Waals surface area contributed by atoms with E-state index in [0.29, 0.717) is 0 Å². The summed E-state index contributed by atoms with van der Waals surface area (Å²) in [6.07, 6.45) is 0. The summed E-state index contributed by atoms with van der Waals surface area (Å²) in [5, 5.41) is 4.40. The van der Waals surface area contributed by atoms with Crippen LogP contribution in [0.25, 0.3) is 66.8 Å². The smallest absolute Gasteiger partial charge is 0.149 e. The maximum absolute atomic E-state index is 2.73. The second-order valence-corrected chi connectivity index (χ2v) is 32.0. The molecule has 3 spiro atoms. The Morgan fingerprint density at radius 1 is 0.190 bits per heavy atom. The Hall–Kier alpha value is -12.1. The molecule has 4 heteroatoms. The van der Waals surface area contributed by atoms with Crippen molar-refractivity contribution in [2.45, 2.75) is 37.0 Å². The van der Waals surface area contributed by atoms with Crippen LogP contribution in [0.2, 0.25) is 0 Å². The lowest BCUT2D eigenvalue weighted by molar-refractivity contribution is 0.793. The molecule has 0 amide bonds. The number of hydrogen-bond acceptors (Lipinski definition) is 3. The first kappa shape index (κ1) is 54.0. The van der Waals surface area contributed by atoms with E-state index < -0.39 is 25.0 Å². The van der Waals surface area contributed by atoms with Crippen LogP contribution in [0.1, 0.15) is 83.5 Å². The zero-order valence-electron chi connectivity index (χ0n) is 55.4. The van der Waals surface area contributed by atoms with Crippen LogP contribution >= 0.6 is 0 Å². The second kappa shape index (κ2) is 18.6. The van der Waals surface area contributed by atoms with Gasteiger partial charge in [0.05, 0.1) is 16.2 Å². The summed E-state index contributed by atoms with van der Waals surface area (Å²) in [6.45, 7) is 7.02. The van der Waals surface area contributed by atoms with Gasteiger partial charge < -0.3 is 14.7 Å². The highest BCUT2D eigenvalue weighted by molar-refractivity contribution is 7.02. The van der Waals surface area contributed by atoms with Crippen molar-refractivity contribution in [1.29, 1.82) is 0 Å². The van der Waals surface area contributed by atoms with Gasteiger partial charge in [0.2, 0.25) is 0 Å². The lowest BCUT2D eigenvalue weighted by Gasteiger charge is -2.50. The molecule has 3 heterocycles. The van der Waals surface area contributed by atoms with Gasteiger partial charge in [-0.3, -0.25) is 0 Å². The van der Waals surface area contributed by atoms with E-state index in [9.17, 15) is 0 Å². The van der Waals surface area contributed by atoms with Crippen LogP contribution in [0, 0.1) is 20.8 Å². The molecule has 15 aromatic rings. The Morgan fingerprint density at radius 3 is 0.550 bits per heavy atom. The summed E-state index contributed by atoms with van der Waals surface area (Å²) in [4.78, 5) is 8.19. The van der Waals surface area contributed by atoms with Gasteiger partial charge in [0.15, 0.2) is 0 Å². The first-order valence-electron chi connectivity index (χ1n) is 35.5. The van der Waals surface area contributed by atoms with E-state index in [1.54, 1.807) is 0 Å². The normalized spacial score (nSPS) is 15.7. The minimum absolute atomic E-state index is 0.518. The second-order valence-electron chi connectivity index (χ2n) is 29.4. The molecule has 0 saturated heterocycles. The lowest BCUT2D eigenvalue weighted by Crippen LogP contribution is -2.65. The van der Waals surface area contributed by atoms with E-state index >= 15 is 0 Å². The topological polar surface area (TPSA) is 9.72 Å². The third kappa shape index (κ3) is 6.13. The molecule has 0 N–H and O–H groups in total. The van der Waals surface area contributed by atoms with Gasteiger partial charge in [-0.05, 0) is 259 Å². The van der Waals surface area contributed by atoms with Gasteiger partial charge in [-0.25, -0.2) is 0 Å². The molecule has 3 nitrogen and oxygen atoms in total. The molecular formula is C96H61N3Si. The molecule has 0 radical (unpaired) electrons. The van der Waals surface area contributed by atoms with Crippen LogP contribution in [0.3, 0.4) is 0 Å². The number of benzene rings is 15. The fourth-order valence-electron chi connectivity index (χ4n) is 21.6. The molecule has 15 aromatic carbocycles. The molecule has 24 rings (SSSR count). The van der Waals surface area contributed by atoms with E-state index in [1.807, 2.05) is 0 Å². The van der Waals surface area contributed by atoms with Gasteiger partial charge in [0, 0.05) is 51.2 Å². The van der Waals surface area contributed by atoms with Crippen molar-refractivity contribution >= 4 is 75.5 Å². The first-order chi connectivity index (χ1) is 49.3. The predicted molar refractivity (Wildman–Crippen MR) is 413 cm³/mol. The van der Waals surface area contributed by atoms with Crippen LogP contribution in [0.5, 0.6) is 0 Å². The zero-order chi connectivity index (χ0) is 65.4. The van der Waals surface area contributed by atoms with Gasteiger partial charge in [-0.1, -0.05) is 237 Å². The molecule has 3 aliphatic heterocycles. The van der Waals surface area contributed by atoms with Crippen molar-refractivity contribution in [3.63, 3.8) is 0 Å². The highest BCUT2D eigenvalue weighted by Crippen LogP contribution is 2.68. The van der Waals surface area contributed by atoms with Gasteiger partial charge in [-0.15, -0.1) is 0 Å². The molecule has 100 heavy (non-hydrogen) atoms. The third-order valence-electron chi connectivity index (χ3n) is 24.9. The van der Waals surface area contributed by atoms with Crippen molar-refractivity contribution in [2.75, 3.05) is 14.7 Å². The number of rotatable bonds is 3. The Kier molecular flexibility index (Phi) is 10.0. The summed E-state index contributed by atoms with van der Waals surface area (Å²) in [6, 6.07) is 121. The highest BCUT2D eigenvalue weighted by Gasteiger charge is 2.57. The van der Waals surface area contributed by atoms with Gasteiger partial charge in [0.25, 0.3) is 0 Å². The fourth-order valence-corrected chi connectivity index (χ4v) is 25.5. The summed E-state index contributed by atoms with van der Waals surface area (Å²) < 4.78 is 0. The Labute approximate surface area is 583 Å². The Morgan fingerprint density at radius 2 is 0.360 bits per heavy atom. The van der Waals surface area contributed by atoms with Crippen LogP contribution in [-0.2, 0) is 16.2 Å². The number of anilines is 9. The first-order valence-corrected chi connectivity index (χ1v) is 37.2. The standard InChI is InChI=1S/C96H61N3Si/c1-55-46-85-91-86(47-55)98(59-41-44-71-68-29-11-20-38-80(68)95(83(71)53-59)75-33-15-6-24-63(75)64-25-7-16-34-76(64)95)88-49-57(3)51-90-93(88)100(91)92-87(97(85)58-40-43-70-67-28-10-19-37-79(67)94(82(70)52-58)73-31-13-4-22-61(73)62-23-5-14-32-74(62)94)48-56(2)50-89(92)99(90)60-42-45-72-69-30-12-21-39-81(69)96(84(72)54-60)77-35-17-8-26-65(77)66-27-9-18-36-78(66)96/h4-54,100H,1-3H3. The molecule has 0 atom stereocenters. The van der Waals surface area contributed by atoms with E-state index in [0.717, 1.165) is 0 Å². The van der Waals surface area contributed by atoms with Gasteiger partial charge in [0.1, 0.15) is 8.80 Å². The molecule has 0 aromatic heterocycles. The summed E-state index contributed by atoms with van der Waals surface area (Å²) in [5.74, 6) is 0. The summed E-state index contributed by atoms with van der Waals surface area (Å²) >= 11 is 0. The minimum Gasteiger partial charge on any atom is -0.311 e. The average molecular weight is 1280 g/mol. The quantitative estimate of drug-likeness (QED) is 0.163. The fraction of sp³-hybridized carbons (Fsp3) is 0.0625. The van der Waals surface area contributed by atoms with Crippen molar-refractivity contribution in [3.05, 3.63) is 393 Å². The number of hydrogen-bond donors (Lipinski definition) is 0. The molecule has 0 unspecified atom stereocenters. The van der Waals surface area contributed by atoms with Crippen molar-refractivity contribution in [3.8, 4) is 66.8 Å².